The number of nitrogens with two attached hydrogens (primary N) is 1. The fraction of sp³-hybridized carbons (Fsp3) is 0.500. The summed E-state index contributed by atoms with van der Waals surface area (Å²) in [6, 6.07) is 0. The molecule has 14 heavy (non-hydrogen) atoms. The van der Waals surface area contributed by atoms with Gasteiger partial charge in [0.2, 0.25) is 5.91 Å². The third-order valence-corrected chi connectivity index (χ3v) is 3.26. The van der Waals surface area contributed by atoms with Crippen molar-refractivity contribution >= 4 is 38.3 Å². The third kappa shape index (κ3) is 2.95. The van der Waals surface area contributed by atoms with Gasteiger partial charge in [-0.2, -0.15) is 0 Å². The van der Waals surface area contributed by atoms with E-state index in [4.69, 9.17) is 5.73 Å². The normalized spacial score (nSPS) is 11.4. The van der Waals surface area contributed by atoms with Crippen molar-refractivity contribution in [2.45, 2.75) is 13.8 Å². The number of halogens is 1. The fourth-order valence-corrected chi connectivity index (χ4v) is 1.82. The van der Waals surface area contributed by atoms with Gasteiger partial charge in [0.25, 0.3) is 0 Å². The molecule has 0 unspecified atom stereocenters. The topological polar surface area (TPSA) is 68.0 Å². The van der Waals surface area contributed by atoms with Crippen molar-refractivity contribution in [2.24, 2.45) is 11.1 Å². The van der Waals surface area contributed by atoms with E-state index >= 15 is 0 Å². The maximum atomic E-state index is 11.0. The van der Waals surface area contributed by atoms with Gasteiger partial charge in [-0.15, -0.1) is 0 Å². The van der Waals surface area contributed by atoms with Crippen molar-refractivity contribution in [3.05, 3.63) is 9.98 Å². The van der Waals surface area contributed by atoms with E-state index in [0.717, 1.165) is 8.92 Å². The van der Waals surface area contributed by atoms with Crippen LogP contribution in [0.5, 0.6) is 0 Å². The Morgan fingerprint density at radius 1 is 1.79 bits per heavy atom. The second kappa shape index (κ2) is 4.27. The van der Waals surface area contributed by atoms with Gasteiger partial charge in [0.05, 0.1) is 15.4 Å². The Morgan fingerprint density at radius 2 is 2.43 bits per heavy atom. The zero-order valence-electron chi connectivity index (χ0n) is 8.00. The van der Waals surface area contributed by atoms with Crippen LogP contribution in [-0.2, 0) is 4.79 Å². The van der Waals surface area contributed by atoms with Gasteiger partial charge in [0.1, 0.15) is 0 Å². The minimum atomic E-state index is -0.557. The van der Waals surface area contributed by atoms with Gasteiger partial charge < -0.3 is 11.1 Å². The van der Waals surface area contributed by atoms with Crippen LogP contribution in [0.1, 0.15) is 13.8 Å². The Kier molecular flexibility index (Phi) is 3.49. The van der Waals surface area contributed by atoms with Crippen molar-refractivity contribution in [3.63, 3.8) is 0 Å². The van der Waals surface area contributed by atoms with Crippen molar-refractivity contribution in [1.29, 1.82) is 0 Å². The molecule has 4 nitrogen and oxygen atoms in total. The van der Waals surface area contributed by atoms with Crippen molar-refractivity contribution in [1.82, 2.24) is 4.98 Å². The number of rotatable bonds is 4. The largest absolute Gasteiger partial charge is 0.369 e. The number of nitrogens with zero attached hydrogens (tertiary/aromatic N) is 1. The quantitative estimate of drug-likeness (QED) is 0.882. The first-order valence-corrected chi connectivity index (χ1v) is 5.68. The van der Waals surface area contributed by atoms with E-state index in [1.807, 2.05) is 0 Å². The van der Waals surface area contributed by atoms with E-state index in [2.05, 4.69) is 26.2 Å². The minimum absolute atomic E-state index is 0.319. The zero-order chi connectivity index (χ0) is 10.8. The van der Waals surface area contributed by atoms with E-state index in [1.54, 1.807) is 20.0 Å². The van der Waals surface area contributed by atoms with Gasteiger partial charge in [-0.05, 0) is 29.8 Å². The van der Waals surface area contributed by atoms with Gasteiger partial charge in [-0.1, -0.05) is 11.3 Å². The predicted molar refractivity (Wildman–Crippen MR) is 61.3 cm³/mol. The number of thiazole rings is 1. The summed E-state index contributed by atoms with van der Waals surface area (Å²) in [5.41, 5.74) is 4.68. The standard InChI is InChI=1S/C8H12BrN3OS/c1-8(2,6(10)13)4-12-7-11-3-5(9)14-7/h3H,4H2,1-2H3,(H2,10,13)(H,11,12). The van der Waals surface area contributed by atoms with Gasteiger partial charge in [-0.3, -0.25) is 4.79 Å². The molecule has 0 spiro atoms. The zero-order valence-corrected chi connectivity index (χ0v) is 10.4. The SMILES string of the molecule is CC(C)(CNc1ncc(Br)s1)C(N)=O. The Hall–Kier alpha value is -0.620. The second-order valence-corrected chi connectivity index (χ2v) is 5.98. The average molecular weight is 278 g/mol. The second-order valence-electron chi connectivity index (χ2n) is 3.57. The van der Waals surface area contributed by atoms with Crippen LogP contribution in [0.15, 0.2) is 9.98 Å². The van der Waals surface area contributed by atoms with Gasteiger partial charge in [0, 0.05) is 6.54 Å². The Morgan fingerprint density at radius 3 is 2.86 bits per heavy atom. The number of nitrogens with one attached hydrogen (secondary N) is 1. The molecule has 1 aromatic rings. The average Bonchev–Trinajstić information content (AvgIpc) is 2.48. The lowest BCUT2D eigenvalue weighted by molar-refractivity contribution is -0.125. The van der Waals surface area contributed by atoms with Crippen molar-refractivity contribution < 1.29 is 4.79 Å². The number of anilines is 1. The van der Waals surface area contributed by atoms with E-state index in [9.17, 15) is 4.79 Å². The summed E-state index contributed by atoms with van der Waals surface area (Å²) in [7, 11) is 0. The van der Waals surface area contributed by atoms with Crippen LogP contribution < -0.4 is 11.1 Å². The molecule has 0 aliphatic heterocycles. The van der Waals surface area contributed by atoms with E-state index in [0.29, 0.717) is 6.54 Å². The van der Waals surface area contributed by atoms with Crippen LogP contribution >= 0.6 is 27.3 Å². The fourth-order valence-electron chi connectivity index (χ4n) is 0.720. The van der Waals surface area contributed by atoms with Crippen LogP contribution in [0.25, 0.3) is 0 Å². The smallest absolute Gasteiger partial charge is 0.224 e. The van der Waals surface area contributed by atoms with Crippen LogP contribution in [0.2, 0.25) is 0 Å². The molecule has 1 rings (SSSR count). The predicted octanol–water partition coefficient (Wildman–Crippen LogP) is 1.83. The maximum absolute atomic E-state index is 11.0. The number of carbonyl (C=O) groups is 1. The molecule has 0 fully saturated rings. The molecule has 78 valence electrons. The Labute approximate surface area is 95.0 Å². The number of carbonyl (C=O) groups excluding carboxylic acids is 1. The lowest BCUT2D eigenvalue weighted by atomic mass is 9.93. The Balaban J connectivity index is 2.52. The molecule has 0 aliphatic carbocycles. The first-order valence-electron chi connectivity index (χ1n) is 4.07. The van der Waals surface area contributed by atoms with Gasteiger partial charge in [-0.25, -0.2) is 4.98 Å². The van der Waals surface area contributed by atoms with Gasteiger partial charge in [0.15, 0.2) is 5.13 Å². The van der Waals surface area contributed by atoms with E-state index < -0.39 is 5.41 Å². The number of primary amides is 1. The molecular formula is C8H12BrN3OS. The summed E-state index contributed by atoms with van der Waals surface area (Å²) >= 11 is 4.79. The maximum Gasteiger partial charge on any atom is 0.224 e. The number of aromatic nitrogens is 1. The minimum Gasteiger partial charge on any atom is -0.369 e. The molecule has 0 aromatic carbocycles. The summed E-state index contributed by atoms with van der Waals surface area (Å²) in [5, 5.41) is 3.85. The van der Waals surface area contributed by atoms with Crippen LogP contribution in [0, 0.1) is 5.41 Å². The van der Waals surface area contributed by atoms with Crippen LogP contribution in [-0.4, -0.2) is 17.4 Å². The van der Waals surface area contributed by atoms with Gasteiger partial charge >= 0.3 is 0 Å². The first kappa shape index (κ1) is 11.5. The number of hydrogen-bond acceptors (Lipinski definition) is 4. The highest BCUT2D eigenvalue weighted by Gasteiger charge is 2.24. The molecule has 3 N–H and O–H groups in total. The lowest BCUT2D eigenvalue weighted by Crippen LogP contribution is -2.37. The van der Waals surface area contributed by atoms with Crippen molar-refractivity contribution in [3.8, 4) is 0 Å². The molecule has 1 amide bonds. The van der Waals surface area contributed by atoms with E-state index in [1.165, 1.54) is 11.3 Å². The molecule has 0 radical (unpaired) electrons. The summed E-state index contributed by atoms with van der Waals surface area (Å²) < 4.78 is 0.955. The molecule has 0 aliphatic rings. The molecule has 0 bridgehead atoms. The summed E-state index contributed by atoms with van der Waals surface area (Å²) in [4.78, 5) is 15.1. The molecule has 0 atom stereocenters. The van der Waals surface area contributed by atoms with Crippen molar-refractivity contribution in [2.75, 3.05) is 11.9 Å². The van der Waals surface area contributed by atoms with Crippen LogP contribution in [0.3, 0.4) is 0 Å². The number of amides is 1. The Bertz CT molecular complexity index is 337. The highest BCUT2D eigenvalue weighted by atomic mass is 79.9. The lowest BCUT2D eigenvalue weighted by Gasteiger charge is -2.20. The highest BCUT2D eigenvalue weighted by Crippen LogP contribution is 2.24. The molecular weight excluding hydrogens is 266 g/mol. The molecule has 1 heterocycles. The summed E-state index contributed by atoms with van der Waals surface area (Å²) in [6.07, 6.45) is 1.71. The molecule has 0 saturated heterocycles. The first-order chi connectivity index (χ1) is 6.42. The summed E-state index contributed by atoms with van der Waals surface area (Å²) in [5.74, 6) is -0.319. The molecule has 1 aromatic heterocycles. The summed E-state index contributed by atoms with van der Waals surface area (Å²) in [6.45, 7) is 4.08. The van der Waals surface area contributed by atoms with Crippen LogP contribution in [0.4, 0.5) is 5.13 Å². The highest BCUT2D eigenvalue weighted by molar-refractivity contribution is 9.11. The number of hydrogen-bond donors (Lipinski definition) is 2. The molecule has 6 heteroatoms. The monoisotopic (exact) mass is 277 g/mol. The van der Waals surface area contributed by atoms with E-state index in [-0.39, 0.29) is 5.91 Å². The molecule has 0 saturated carbocycles. The third-order valence-electron chi connectivity index (χ3n) is 1.83.